The number of amides is 1. The number of carbonyl (C=O) groups excluding carboxylic acids is 1. The maximum atomic E-state index is 12.6. The summed E-state index contributed by atoms with van der Waals surface area (Å²) in [5, 5.41) is 9.81. The second-order valence-corrected chi connectivity index (χ2v) is 6.14. The lowest BCUT2D eigenvalue weighted by molar-refractivity contribution is -0.132. The topological polar surface area (TPSA) is 58.4 Å². The molecule has 1 atom stereocenters. The van der Waals surface area contributed by atoms with Crippen LogP contribution in [0.25, 0.3) is 0 Å². The molecule has 0 unspecified atom stereocenters. The lowest BCUT2D eigenvalue weighted by Crippen LogP contribution is -2.38. The number of benzene rings is 1. The number of carbonyl (C=O) groups is 1. The number of para-hydroxylation sites is 1. The van der Waals surface area contributed by atoms with Crippen LogP contribution in [0, 0.1) is 6.92 Å². The third-order valence-electron chi connectivity index (χ3n) is 4.63. The standard InChI is InChI=1S/C18H23N3O2/c1-14-19-10-12-20(14)13-16-6-4-11-21(16)18(23)9-8-15-5-2-3-7-17(15)22/h2-3,5,7,10,12,16,22H,4,6,8-9,11,13H2,1H3/t16-/m1/s1. The Bertz CT molecular complexity index is 680. The molecule has 2 heterocycles. The normalized spacial score (nSPS) is 17.6. The minimum absolute atomic E-state index is 0.175. The van der Waals surface area contributed by atoms with Gasteiger partial charge in [0.2, 0.25) is 5.91 Å². The highest BCUT2D eigenvalue weighted by atomic mass is 16.3. The highest BCUT2D eigenvalue weighted by molar-refractivity contribution is 5.77. The van der Waals surface area contributed by atoms with Crippen molar-refractivity contribution in [1.82, 2.24) is 14.5 Å². The smallest absolute Gasteiger partial charge is 0.223 e. The minimum atomic E-state index is 0.175. The molecule has 1 aromatic carbocycles. The molecule has 23 heavy (non-hydrogen) atoms. The number of nitrogens with zero attached hydrogens (tertiary/aromatic N) is 3. The van der Waals surface area contributed by atoms with E-state index in [1.807, 2.05) is 30.2 Å². The number of rotatable bonds is 5. The largest absolute Gasteiger partial charge is 0.508 e. The number of aromatic nitrogens is 2. The molecule has 1 N–H and O–H groups in total. The first-order chi connectivity index (χ1) is 11.1. The Kier molecular flexibility index (Phi) is 4.65. The molecular weight excluding hydrogens is 290 g/mol. The van der Waals surface area contributed by atoms with Gasteiger partial charge < -0.3 is 14.6 Å². The van der Waals surface area contributed by atoms with E-state index in [1.54, 1.807) is 18.3 Å². The Morgan fingerprint density at radius 2 is 2.22 bits per heavy atom. The van der Waals surface area contributed by atoms with E-state index >= 15 is 0 Å². The van der Waals surface area contributed by atoms with Crippen LogP contribution < -0.4 is 0 Å². The lowest BCUT2D eigenvalue weighted by Gasteiger charge is -2.25. The number of hydrogen-bond donors (Lipinski definition) is 1. The van der Waals surface area contributed by atoms with Crippen molar-refractivity contribution in [2.45, 2.75) is 45.2 Å². The molecule has 122 valence electrons. The van der Waals surface area contributed by atoms with Crippen molar-refractivity contribution in [3.05, 3.63) is 48.0 Å². The number of hydrogen-bond acceptors (Lipinski definition) is 3. The summed E-state index contributed by atoms with van der Waals surface area (Å²) in [6.07, 6.45) is 6.89. The summed E-state index contributed by atoms with van der Waals surface area (Å²) in [7, 11) is 0. The molecule has 1 aromatic heterocycles. The fourth-order valence-electron chi connectivity index (χ4n) is 3.29. The molecule has 3 rings (SSSR count). The highest BCUT2D eigenvalue weighted by Gasteiger charge is 2.28. The molecule has 0 spiro atoms. The average Bonchev–Trinajstić information content (AvgIpc) is 3.16. The molecule has 1 aliphatic heterocycles. The van der Waals surface area contributed by atoms with Crippen LogP contribution in [0.1, 0.15) is 30.7 Å². The Morgan fingerprint density at radius 1 is 1.39 bits per heavy atom. The third kappa shape index (κ3) is 3.55. The number of phenolic OH excluding ortho intramolecular Hbond substituents is 1. The van der Waals surface area contributed by atoms with Crippen molar-refractivity contribution in [2.24, 2.45) is 0 Å². The SMILES string of the molecule is Cc1nccn1C[C@H]1CCCN1C(=O)CCc1ccccc1O. The van der Waals surface area contributed by atoms with Gasteiger partial charge in [0.25, 0.3) is 0 Å². The summed E-state index contributed by atoms with van der Waals surface area (Å²) in [5.41, 5.74) is 0.835. The molecule has 1 saturated heterocycles. The van der Waals surface area contributed by atoms with Crippen molar-refractivity contribution in [3.63, 3.8) is 0 Å². The monoisotopic (exact) mass is 313 g/mol. The van der Waals surface area contributed by atoms with Gasteiger partial charge in [0.1, 0.15) is 11.6 Å². The van der Waals surface area contributed by atoms with Crippen LogP contribution in [0.3, 0.4) is 0 Å². The van der Waals surface area contributed by atoms with E-state index in [0.29, 0.717) is 12.8 Å². The van der Waals surface area contributed by atoms with Crippen molar-refractivity contribution in [1.29, 1.82) is 0 Å². The van der Waals surface area contributed by atoms with E-state index in [4.69, 9.17) is 0 Å². The van der Waals surface area contributed by atoms with E-state index in [0.717, 1.165) is 37.3 Å². The molecule has 0 bridgehead atoms. The van der Waals surface area contributed by atoms with Crippen LogP contribution in [-0.2, 0) is 17.8 Å². The number of phenols is 1. The fraction of sp³-hybridized carbons (Fsp3) is 0.444. The molecule has 1 amide bonds. The van der Waals surface area contributed by atoms with Gasteiger partial charge in [-0.1, -0.05) is 18.2 Å². The van der Waals surface area contributed by atoms with Gasteiger partial charge in [0, 0.05) is 37.9 Å². The zero-order valence-electron chi connectivity index (χ0n) is 13.5. The Labute approximate surface area is 136 Å². The number of aryl methyl sites for hydroxylation is 2. The molecule has 5 nitrogen and oxygen atoms in total. The van der Waals surface area contributed by atoms with E-state index in [9.17, 15) is 9.90 Å². The summed E-state index contributed by atoms with van der Waals surface area (Å²) in [6.45, 7) is 3.63. The molecule has 1 aliphatic rings. The van der Waals surface area contributed by atoms with Gasteiger partial charge in [-0.25, -0.2) is 4.98 Å². The number of aromatic hydroxyl groups is 1. The van der Waals surface area contributed by atoms with Crippen LogP contribution >= 0.6 is 0 Å². The molecule has 0 aliphatic carbocycles. The summed E-state index contributed by atoms with van der Waals surface area (Å²) in [6, 6.07) is 7.48. The van der Waals surface area contributed by atoms with E-state index < -0.39 is 0 Å². The second kappa shape index (κ2) is 6.86. The van der Waals surface area contributed by atoms with Crippen molar-refractivity contribution in [3.8, 4) is 5.75 Å². The van der Waals surface area contributed by atoms with Gasteiger partial charge in [-0.15, -0.1) is 0 Å². The molecular formula is C18H23N3O2. The number of likely N-dealkylation sites (tertiary alicyclic amines) is 1. The van der Waals surface area contributed by atoms with Gasteiger partial charge in [-0.3, -0.25) is 4.79 Å². The van der Waals surface area contributed by atoms with Crippen LogP contribution in [0.15, 0.2) is 36.7 Å². The first-order valence-electron chi connectivity index (χ1n) is 8.19. The van der Waals surface area contributed by atoms with Crippen molar-refractivity contribution >= 4 is 5.91 Å². The van der Waals surface area contributed by atoms with Crippen LogP contribution in [0.2, 0.25) is 0 Å². The zero-order valence-corrected chi connectivity index (χ0v) is 13.5. The highest BCUT2D eigenvalue weighted by Crippen LogP contribution is 2.22. The molecule has 2 aromatic rings. The second-order valence-electron chi connectivity index (χ2n) is 6.14. The van der Waals surface area contributed by atoms with E-state index in [1.165, 1.54) is 0 Å². The van der Waals surface area contributed by atoms with Crippen LogP contribution in [0.5, 0.6) is 5.75 Å². The molecule has 0 radical (unpaired) electrons. The number of imidazole rings is 1. The van der Waals surface area contributed by atoms with Crippen molar-refractivity contribution < 1.29 is 9.90 Å². The first-order valence-corrected chi connectivity index (χ1v) is 8.19. The quantitative estimate of drug-likeness (QED) is 0.923. The van der Waals surface area contributed by atoms with Gasteiger partial charge in [0.15, 0.2) is 0 Å². The van der Waals surface area contributed by atoms with Gasteiger partial charge in [-0.2, -0.15) is 0 Å². The third-order valence-corrected chi connectivity index (χ3v) is 4.63. The first kappa shape index (κ1) is 15.6. The Morgan fingerprint density at radius 3 is 2.96 bits per heavy atom. The fourth-order valence-corrected chi connectivity index (χ4v) is 3.29. The summed E-state index contributed by atoms with van der Waals surface area (Å²) in [5.74, 6) is 1.43. The lowest BCUT2D eigenvalue weighted by atomic mass is 10.1. The summed E-state index contributed by atoms with van der Waals surface area (Å²) >= 11 is 0. The molecule has 0 saturated carbocycles. The molecule has 1 fully saturated rings. The van der Waals surface area contributed by atoms with E-state index in [2.05, 4.69) is 9.55 Å². The maximum Gasteiger partial charge on any atom is 0.223 e. The average molecular weight is 313 g/mol. The van der Waals surface area contributed by atoms with Gasteiger partial charge in [0.05, 0.1) is 0 Å². The van der Waals surface area contributed by atoms with Crippen LogP contribution in [0.4, 0.5) is 0 Å². The van der Waals surface area contributed by atoms with Gasteiger partial charge in [-0.05, 0) is 37.8 Å². The predicted octanol–water partition coefficient (Wildman–Crippen LogP) is 2.52. The maximum absolute atomic E-state index is 12.6. The van der Waals surface area contributed by atoms with Gasteiger partial charge >= 0.3 is 0 Å². The minimum Gasteiger partial charge on any atom is -0.508 e. The summed E-state index contributed by atoms with van der Waals surface area (Å²) < 4.78 is 2.11. The Balaban J connectivity index is 1.60. The van der Waals surface area contributed by atoms with Crippen LogP contribution in [-0.4, -0.2) is 38.1 Å². The van der Waals surface area contributed by atoms with Crippen molar-refractivity contribution in [2.75, 3.05) is 6.54 Å². The van der Waals surface area contributed by atoms with E-state index in [-0.39, 0.29) is 17.7 Å². The Hall–Kier alpha value is -2.30. The predicted molar refractivity (Wildman–Crippen MR) is 88.1 cm³/mol. The summed E-state index contributed by atoms with van der Waals surface area (Å²) in [4.78, 5) is 18.8. The molecule has 5 heteroatoms. The zero-order chi connectivity index (χ0) is 16.2.